The van der Waals surface area contributed by atoms with Gasteiger partial charge in [-0.3, -0.25) is 0 Å². The molecule has 4 nitrogen and oxygen atoms in total. The highest BCUT2D eigenvalue weighted by Crippen LogP contribution is 2.36. The van der Waals surface area contributed by atoms with Gasteiger partial charge in [-0.2, -0.15) is 0 Å². The summed E-state index contributed by atoms with van der Waals surface area (Å²) in [6.07, 6.45) is 4.01. The molecule has 74 valence electrons. The first kappa shape index (κ1) is 10.6. The van der Waals surface area contributed by atoms with Crippen molar-refractivity contribution in [1.82, 2.24) is 0 Å². The van der Waals surface area contributed by atoms with Gasteiger partial charge >= 0.3 is 0 Å². The van der Waals surface area contributed by atoms with E-state index in [1.54, 1.807) is 0 Å². The number of hydrogen-bond acceptors (Lipinski definition) is 2. The van der Waals surface area contributed by atoms with Gasteiger partial charge in [0.05, 0.1) is 0 Å². The summed E-state index contributed by atoms with van der Waals surface area (Å²) in [4.78, 5) is 2.90. The second-order valence-corrected chi connectivity index (χ2v) is 8.99. The zero-order chi connectivity index (χ0) is 9.95. The molecule has 1 aliphatic rings. The minimum atomic E-state index is -1.60. The van der Waals surface area contributed by atoms with Crippen molar-refractivity contribution < 1.29 is 4.43 Å². The van der Waals surface area contributed by atoms with Crippen LogP contribution in [0.2, 0.25) is 19.6 Å². The Morgan fingerprint density at radius 1 is 1.31 bits per heavy atom. The van der Waals surface area contributed by atoms with E-state index in [4.69, 9.17) is 9.96 Å². The van der Waals surface area contributed by atoms with E-state index in [-0.39, 0.29) is 0 Å². The molecule has 1 saturated carbocycles. The fourth-order valence-corrected chi connectivity index (χ4v) is 3.19. The number of rotatable bonds is 3. The first-order valence-corrected chi connectivity index (χ1v) is 8.15. The normalized spacial score (nSPS) is 21.2. The van der Waals surface area contributed by atoms with Gasteiger partial charge in [0.1, 0.15) is 5.72 Å². The molecule has 0 N–H and O–H groups in total. The van der Waals surface area contributed by atoms with Crippen LogP contribution < -0.4 is 0 Å². The lowest BCUT2D eigenvalue weighted by Gasteiger charge is -2.31. The Labute approximate surface area is 80.0 Å². The van der Waals surface area contributed by atoms with Gasteiger partial charge in [-0.05, 0) is 38.0 Å². The molecule has 1 aliphatic carbocycles. The van der Waals surface area contributed by atoms with Crippen LogP contribution in [0.1, 0.15) is 25.7 Å². The summed E-state index contributed by atoms with van der Waals surface area (Å²) in [6, 6.07) is 0. The monoisotopic (exact) mass is 199 g/mol. The summed E-state index contributed by atoms with van der Waals surface area (Å²) in [5, 5.41) is 3.83. The molecule has 0 unspecified atom stereocenters. The highest BCUT2D eigenvalue weighted by atomic mass is 28.4. The van der Waals surface area contributed by atoms with E-state index in [9.17, 15) is 0 Å². The van der Waals surface area contributed by atoms with Gasteiger partial charge in [0, 0.05) is 4.91 Å². The van der Waals surface area contributed by atoms with E-state index in [0.29, 0.717) is 0 Å². The zero-order valence-corrected chi connectivity index (χ0v) is 9.58. The van der Waals surface area contributed by atoms with E-state index in [1.165, 1.54) is 0 Å². The van der Waals surface area contributed by atoms with Crippen LogP contribution in [0.15, 0.2) is 5.11 Å². The smallest absolute Gasteiger partial charge is 0.184 e. The van der Waals surface area contributed by atoms with Crippen LogP contribution in [0.4, 0.5) is 0 Å². The molecular formula is C8H17N3OSi. The minimum absolute atomic E-state index is 0.501. The molecule has 0 atom stereocenters. The molecule has 0 amide bonds. The van der Waals surface area contributed by atoms with Crippen molar-refractivity contribution in [3.05, 3.63) is 10.4 Å². The van der Waals surface area contributed by atoms with Crippen molar-refractivity contribution in [1.29, 1.82) is 0 Å². The molecule has 0 saturated heterocycles. The molecule has 0 aromatic carbocycles. The first-order chi connectivity index (χ1) is 5.97. The van der Waals surface area contributed by atoms with E-state index in [2.05, 4.69) is 29.7 Å². The van der Waals surface area contributed by atoms with E-state index < -0.39 is 14.0 Å². The van der Waals surface area contributed by atoms with Crippen molar-refractivity contribution in [2.24, 2.45) is 5.11 Å². The predicted octanol–water partition coefficient (Wildman–Crippen LogP) is 3.42. The van der Waals surface area contributed by atoms with Crippen LogP contribution in [0.25, 0.3) is 10.4 Å². The Hall–Kier alpha value is -0.513. The third-order valence-corrected chi connectivity index (χ3v) is 3.10. The number of azide groups is 1. The van der Waals surface area contributed by atoms with Crippen molar-refractivity contribution in [3.63, 3.8) is 0 Å². The Balaban J connectivity index is 2.73. The molecule has 0 aliphatic heterocycles. The fraction of sp³-hybridized carbons (Fsp3) is 1.00. The molecule has 0 radical (unpaired) electrons. The average Bonchev–Trinajstić information content (AvgIpc) is 2.33. The lowest BCUT2D eigenvalue weighted by Crippen LogP contribution is -2.39. The van der Waals surface area contributed by atoms with Crippen molar-refractivity contribution in [3.8, 4) is 0 Å². The molecule has 1 rings (SSSR count). The van der Waals surface area contributed by atoms with E-state index >= 15 is 0 Å². The van der Waals surface area contributed by atoms with Crippen LogP contribution >= 0.6 is 0 Å². The van der Waals surface area contributed by atoms with Crippen molar-refractivity contribution in [2.75, 3.05) is 0 Å². The van der Waals surface area contributed by atoms with E-state index in [1.807, 2.05) is 0 Å². The fourth-order valence-electron chi connectivity index (χ4n) is 1.80. The Morgan fingerprint density at radius 3 is 2.23 bits per heavy atom. The molecule has 0 aromatic rings. The predicted molar refractivity (Wildman–Crippen MR) is 54.8 cm³/mol. The second-order valence-electron chi connectivity index (χ2n) is 4.56. The van der Waals surface area contributed by atoms with Gasteiger partial charge in [0.15, 0.2) is 8.32 Å². The molecule has 0 spiro atoms. The summed E-state index contributed by atoms with van der Waals surface area (Å²) >= 11 is 0. The number of hydrogen-bond donors (Lipinski definition) is 0. The molecule has 5 heteroatoms. The summed E-state index contributed by atoms with van der Waals surface area (Å²) in [5.74, 6) is 0. The standard InChI is InChI=1S/C8H17N3OSi/c1-13(2,3)12-8(10-11-9)6-4-5-7-8/h4-7H2,1-3H3. The van der Waals surface area contributed by atoms with Crippen molar-refractivity contribution in [2.45, 2.75) is 51.0 Å². The first-order valence-electron chi connectivity index (χ1n) is 4.74. The van der Waals surface area contributed by atoms with Crippen LogP contribution in [0, 0.1) is 0 Å². The average molecular weight is 199 g/mol. The Morgan fingerprint density at radius 2 is 1.85 bits per heavy atom. The molecule has 1 fully saturated rings. The van der Waals surface area contributed by atoms with Crippen LogP contribution in [-0.4, -0.2) is 14.0 Å². The van der Waals surface area contributed by atoms with Gasteiger partial charge in [0.25, 0.3) is 0 Å². The van der Waals surface area contributed by atoms with Crippen LogP contribution in [0.3, 0.4) is 0 Å². The summed E-state index contributed by atoms with van der Waals surface area (Å²) in [7, 11) is -1.60. The van der Waals surface area contributed by atoms with Crippen LogP contribution in [0.5, 0.6) is 0 Å². The third-order valence-electron chi connectivity index (χ3n) is 2.11. The molecular weight excluding hydrogens is 182 g/mol. The molecule has 0 heterocycles. The maximum absolute atomic E-state index is 8.48. The van der Waals surface area contributed by atoms with Gasteiger partial charge in [-0.25, -0.2) is 0 Å². The largest absolute Gasteiger partial charge is 0.406 e. The van der Waals surface area contributed by atoms with Gasteiger partial charge < -0.3 is 4.43 Å². The highest BCUT2D eigenvalue weighted by Gasteiger charge is 2.37. The van der Waals surface area contributed by atoms with Gasteiger partial charge in [-0.15, -0.1) is 0 Å². The maximum atomic E-state index is 8.48. The Kier molecular flexibility index (Phi) is 3.00. The van der Waals surface area contributed by atoms with Gasteiger partial charge in [0.2, 0.25) is 0 Å². The lowest BCUT2D eigenvalue weighted by molar-refractivity contribution is 0.0756. The zero-order valence-electron chi connectivity index (χ0n) is 8.58. The quantitative estimate of drug-likeness (QED) is 0.297. The minimum Gasteiger partial charge on any atom is -0.406 e. The molecule has 0 bridgehead atoms. The summed E-state index contributed by atoms with van der Waals surface area (Å²) in [6.45, 7) is 6.37. The van der Waals surface area contributed by atoms with Crippen LogP contribution in [-0.2, 0) is 4.43 Å². The summed E-state index contributed by atoms with van der Waals surface area (Å²) < 4.78 is 5.95. The number of nitrogens with zero attached hydrogens (tertiary/aromatic N) is 3. The lowest BCUT2D eigenvalue weighted by atomic mass is 10.2. The highest BCUT2D eigenvalue weighted by molar-refractivity contribution is 6.69. The topological polar surface area (TPSA) is 58.0 Å². The van der Waals surface area contributed by atoms with E-state index in [0.717, 1.165) is 25.7 Å². The third kappa shape index (κ3) is 3.02. The Bertz CT molecular complexity index is 224. The maximum Gasteiger partial charge on any atom is 0.184 e. The van der Waals surface area contributed by atoms with Gasteiger partial charge in [-0.1, -0.05) is 18.0 Å². The molecule has 0 aromatic heterocycles. The SMILES string of the molecule is C[Si](C)(C)OC1(N=[N+]=[N-])CCCC1. The second kappa shape index (κ2) is 3.70. The van der Waals surface area contributed by atoms with Crippen molar-refractivity contribution >= 4 is 8.32 Å². The molecule has 13 heavy (non-hydrogen) atoms. The summed E-state index contributed by atoms with van der Waals surface area (Å²) in [5.41, 5.74) is 7.98.